The van der Waals surface area contributed by atoms with Gasteiger partial charge < -0.3 is 4.90 Å². The first-order valence-electron chi connectivity index (χ1n) is 7.32. The van der Waals surface area contributed by atoms with Crippen molar-refractivity contribution in [3.63, 3.8) is 0 Å². The molecule has 0 radical (unpaired) electrons. The highest BCUT2D eigenvalue weighted by atomic mass is 35.5. The van der Waals surface area contributed by atoms with Crippen molar-refractivity contribution in [2.45, 2.75) is 51.3 Å². The van der Waals surface area contributed by atoms with Crippen molar-refractivity contribution in [2.24, 2.45) is 4.99 Å². The Kier molecular flexibility index (Phi) is 5.50. The molecule has 1 aliphatic heterocycles. The molecule has 1 saturated heterocycles. The first-order chi connectivity index (χ1) is 9.82. The first-order valence-corrected chi connectivity index (χ1v) is 8.89. The van der Waals surface area contributed by atoms with Gasteiger partial charge in [-0.25, -0.2) is 4.99 Å². The van der Waals surface area contributed by atoms with E-state index in [1.807, 2.05) is 23.9 Å². The number of rotatable bonds is 4. The van der Waals surface area contributed by atoms with Gasteiger partial charge in [0.2, 0.25) is 0 Å². The minimum Gasteiger partial charge on any atom is -0.347 e. The Morgan fingerprint density at radius 1 is 1.38 bits per heavy atom. The van der Waals surface area contributed by atoms with Crippen molar-refractivity contribution in [3.8, 4) is 0 Å². The maximum absolute atomic E-state index is 6.25. The number of benzene rings is 1. The molecule has 0 saturated carbocycles. The Morgan fingerprint density at radius 3 is 2.71 bits per heavy atom. The molecule has 0 bridgehead atoms. The molecule has 0 spiro atoms. The SMILES string of the molecule is CCCC(C)N1CC(C)(C)SC1=Nc1ccc(Cl)cc1Cl. The van der Waals surface area contributed by atoms with E-state index in [-0.39, 0.29) is 4.75 Å². The van der Waals surface area contributed by atoms with E-state index in [4.69, 9.17) is 28.2 Å². The Morgan fingerprint density at radius 2 is 2.10 bits per heavy atom. The number of hydrogen-bond donors (Lipinski definition) is 0. The standard InChI is InChI=1S/C16H22Cl2N2S/c1-5-6-11(2)20-10-16(3,4)21-15(20)19-14-8-7-12(17)9-13(14)18/h7-9,11H,5-6,10H2,1-4H3. The van der Waals surface area contributed by atoms with Crippen LogP contribution in [-0.4, -0.2) is 27.4 Å². The fourth-order valence-corrected chi connectivity index (χ4v) is 4.15. The van der Waals surface area contributed by atoms with Gasteiger partial charge in [0.05, 0.1) is 10.7 Å². The number of amidine groups is 1. The lowest BCUT2D eigenvalue weighted by molar-refractivity contribution is 0.309. The van der Waals surface area contributed by atoms with Crippen LogP contribution in [0.1, 0.15) is 40.5 Å². The van der Waals surface area contributed by atoms with E-state index in [1.165, 1.54) is 12.8 Å². The monoisotopic (exact) mass is 344 g/mol. The highest BCUT2D eigenvalue weighted by molar-refractivity contribution is 8.15. The van der Waals surface area contributed by atoms with Crippen molar-refractivity contribution in [1.29, 1.82) is 0 Å². The molecular weight excluding hydrogens is 323 g/mol. The lowest BCUT2D eigenvalue weighted by Crippen LogP contribution is -2.36. The van der Waals surface area contributed by atoms with Gasteiger partial charge >= 0.3 is 0 Å². The zero-order valence-electron chi connectivity index (χ0n) is 13.0. The Labute approximate surface area is 141 Å². The van der Waals surface area contributed by atoms with Crippen LogP contribution in [0.2, 0.25) is 10.0 Å². The average Bonchev–Trinajstić information content (AvgIpc) is 2.68. The van der Waals surface area contributed by atoms with E-state index >= 15 is 0 Å². The summed E-state index contributed by atoms with van der Waals surface area (Å²) >= 11 is 14.0. The molecule has 0 aliphatic carbocycles. The molecule has 1 heterocycles. The lowest BCUT2D eigenvalue weighted by Gasteiger charge is -2.27. The fourth-order valence-electron chi connectivity index (χ4n) is 2.50. The van der Waals surface area contributed by atoms with E-state index in [9.17, 15) is 0 Å². The predicted molar refractivity (Wildman–Crippen MR) is 96.3 cm³/mol. The second-order valence-corrected chi connectivity index (χ2v) is 8.64. The van der Waals surface area contributed by atoms with E-state index in [0.29, 0.717) is 16.1 Å². The molecule has 116 valence electrons. The summed E-state index contributed by atoms with van der Waals surface area (Å²) in [7, 11) is 0. The maximum atomic E-state index is 6.25. The summed E-state index contributed by atoms with van der Waals surface area (Å²) in [6.45, 7) is 10.0. The number of aliphatic imine (C=N–C) groups is 1. The second-order valence-electron chi connectivity index (χ2n) is 6.12. The minimum atomic E-state index is 0.180. The summed E-state index contributed by atoms with van der Waals surface area (Å²) in [6, 6.07) is 5.95. The molecule has 1 unspecified atom stereocenters. The molecule has 5 heteroatoms. The molecular formula is C16H22Cl2N2S. The van der Waals surface area contributed by atoms with Crippen LogP contribution in [0.25, 0.3) is 0 Å². The van der Waals surface area contributed by atoms with Crippen molar-refractivity contribution in [1.82, 2.24) is 4.90 Å². The van der Waals surface area contributed by atoms with E-state index in [2.05, 4.69) is 32.6 Å². The summed E-state index contributed by atoms with van der Waals surface area (Å²) in [6.07, 6.45) is 2.35. The van der Waals surface area contributed by atoms with Gasteiger partial charge in [0, 0.05) is 22.4 Å². The van der Waals surface area contributed by atoms with Crippen LogP contribution in [0.15, 0.2) is 23.2 Å². The first kappa shape index (κ1) is 17.0. The largest absolute Gasteiger partial charge is 0.347 e. The van der Waals surface area contributed by atoms with Gasteiger partial charge in [-0.3, -0.25) is 0 Å². The Balaban J connectivity index is 2.31. The van der Waals surface area contributed by atoms with Gasteiger partial charge in [-0.1, -0.05) is 48.3 Å². The molecule has 2 rings (SSSR count). The fraction of sp³-hybridized carbons (Fsp3) is 0.562. The summed E-state index contributed by atoms with van der Waals surface area (Å²) in [5, 5.41) is 2.30. The molecule has 2 nitrogen and oxygen atoms in total. The Bertz CT molecular complexity index is 543. The van der Waals surface area contributed by atoms with Crippen LogP contribution >= 0.6 is 35.0 Å². The normalized spacial score (nSPS) is 21.0. The summed E-state index contributed by atoms with van der Waals surface area (Å²) in [5.74, 6) is 0. The molecule has 0 N–H and O–H groups in total. The van der Waals surface area contributed by atoms with Crippen LogP contribution in [-0.2, 0) is 0 Å². The zero-order chi connectivity index (χ0) is 15.6. The number of halogens is 2. The van der Waals surface area contributed by atoms with Crippen molar-refractivity contribution < 1.29 is 0 Å². The van der Waals surface area contributed by atoms with E-state index in [1.54, 1.807) is 6.07 Å². The molecule has 1 aliphatic rings. The van der Waals surface area contributed by atoms with Crippen LogP contribution in [0.4, 0.5) is 5.69 Å². The zero-order valence-corrected chi connectivity index (χ0v) is 15.3. The molecule has 1 fully saturated rings. The highest BCUT2D eigenvalue weighted by Gasteiger charge is 2.37. The quantitative estimate of drug-likeness (QED) is 0.665. The topological polar surface area (TPSA) is 15.6 Å². The summed E-state index contributed by atoms with van der Waals surface area (Å²) in [5.41, 5.74) is 0.787. The third-order valence-corrected chi connectivity index (χ3v) is 5.26. The number of nitrogens with zero attached hydrogens (tertiary/aromatic N) is 2. The number of thioether (sulfide) groups is 1. The third-order valence-electron chi connectivity index (χ3n) is 3.53. The Hall–Kier alpha value is -0.380. The number of hydrogen-bond acceptors (Lipinski definition) is 2. The van der Waals surface area contributed by atoms with Gasteiger partial charge in [-0.2, -0.15) is 0 Å². The van der Waals surface area contributed by atoms with Gasteiger partial charge in [0.25, 0.3) is 0 Å². The van der Waals surface area contributed by atoms with Crippen molar-refractivity contribution in [2.75, 3.05) is 6.54 Å². The molecule has 1 aromatic rings. The smallest absolute Gasteiger partial charge is 0.165 e. The summed E-state index contributed by atoms with van der Waals surface area (Å²) < 4.78 is 0.180. The average molecular weight is 345 g/mol. The third kappa shape index (κ3) is 4.30. The van der Waals surface area contributed by atoms with Gasteiger partial charge in [-0.15, -0.1) is 0 Å². The molecule has 0 aromatic heterocycles. The highest BCUT2D eigenvalue weighted by Crippen LogP contribution is 2.39. The van der Waals surface area contributed by atoms with Crippen LogP contribution in [0, 0.1) is 0 Å². The van der Waals surface area contributed by atoms with E-state index < -0.39 is 0 Å². The van der Waals surface area contributed by atoms with Crippen molar-refractivity contribution >= 4 is 45.8 Å². The van der Waals surface area contributed by atoms with Crippen LogP contribution < -0.4 is 0 Å². The summed E-state index contributed by atoms with van der Waals surface area (Å²) in [4.78, 5) is 7.20. The molecule has 1 atom stereocenters. The van der Waals surface area contributed by atoms with Crippen LogP contribution in [0.5, 0.6) is 0 Å². The van der Waals surface area contributed by atoms with E-state index in [0.717, 1.165) is 17.4 Å². The predicted octanol–water partition coefficient (Wildman–Crippen LogP) is 6.00. The second kappa shape index (κ2) is 6.80. The molecule has 0 amide bonds. The van der Waals surface area contributed by atoms with Crippen LogP contribution in [0.3, 0.4) is 0 Å². The molecule has 1 aromatic carbocycles. The van der Waals surface area contributed by atoms with Gasteiger partial charge in [0.1, 0.15) is 0 Å². The maximum Gasteiger partial charge on any atom is 0.165 e. The lowest BCUT2D eigenvalue weighted by atomic mass is 10.1. The molecule has 21 heavy (non-hydrogen) atoms. The van der Waals surface area contributed by atoms with Gasteiger partial charge in [-0.05, 0) is 45.4 Å². The minimum absolute atomic E-state index is 0.180. The van der Waals surface area contributed by atoms with Crippen molar-refractivity contribution in [3.05, 3.63) is 28.2 Å². The van der Waals surface area contributed by atoms with Gasteiger partial charge in [0.15, 0.2) is 5.17 Å².